The van der Waals surface area contributed by atoms with Crippen LogP contribution < -0.4 is 10.0 Å². The number of aliphatic hydroxyl groups excluding tert-OH is 1. The van der Waals surface area contributed by atoms with Crippen LogP contribution in [0.3, 0.4) is 0 Å². The number of hydrogen-bond donors (Lipinski definition) is 3. The second kappa shape index (κ2) is 13.1. The van der Waals surface area contributed by atoms with Gasteiger partial charge in [0.1, 0.15) is 10.9 Å². The lowest BCUT2D eigenvalue weighted by atomic mass is 9.93. The molecule has 1 aromatic carbocycles. The first-order chi connectivity index (χ1) is 17.2. The third-order valence-corrected chi connectivity index (χ3v) is 8.11. The molecule has 198 valence electrons. The number of aliphatic hydroxyl groups is 1. The Morgan fingerprint density at radius 3 is 2.50 bits per heavy atom. The largest absolute Gasteiger partial charge is 0.394 e. The average molecular weight is 521 g/mol. The number of rotatable bonds is 12. The molecule has 1 fully saturated rings. The molecule has 0 saturated carbocycles. The number of carbonyl (C=O) groups is 1. The zero-order valence-corrected chi connectivity index (χ0v) is 21.8. The maximum Gasteiger partial charge on any atom is 0.244 e. The van der Waals surface area contributed by atoms with Crippen molar-refractivity contribution in [1.82, 2.24) is 14.6 Å². The van der Waals surface area contributed by atoms with Gasteiger partial charge in [-0.1, -0.05) is 44.2 Å². The van der Waals surface area contributed by atoms with Crippen LogP contribution in [0.4, 0.5) is 10.1 Å². The SMILES string of the molecule is CC(C)[C@H](NS(=O)(=O)c1cnccc1N[C@H](CO)Cc1ccccc1)C(=O)N1CCC(CCF)CC1. The van der Waals surface area contributed by atoms with Crippen molar-refractivity contribution in [3.05, 3.63) is 54.4 Å². The lowest BCUT2D eigenvalue weighted by molar-refractivity contribution is -0.135. The Bertz CT molecular complexity index is 1080. The van der Waals surface area contributed by atoms with Crippen LogP contribution in [-0.2, 0) is 21.2 Å². The molecule has 3 N–H and O–H groups in total. The van der Waals surface area contributed by atoms with Crippen molar-refractivity contribution in [3.63, 3.8) is 0 Å². The molecule has 8 nitrogen and oxygen atoms in total. The van der Waals surface area contributed by atoms with E-state index < -0.39 is 22.1 Å². The van der Waals surface area contributed by atoms with Crippen molar-refractivity contribution in [3.8, 4) is 0 Å². The number of carbonyl (C=O) groups excluding carboxylic acids is 1. The minimum Gasteiger partial charge on any atom is -0.394 e. The van der Waals surface area contributed by atoms with Crippen molar-refractivity contribution in [2.24, 2.45) is 11.8 Å². The van der Waals surface area contributed by atoms with Crippen LogP contribution in [0, 0.1) is 11.8 Å². The summed E-state index contributed by atoms with van der Waals surface area (Å²) >= 11 is 0. The number of nitrogens with one attached hydrogen (secondary N) is 2. The highest BCUT2D eigenvalue weighted by Gasteiger charge is 2.34. The van der Waals surface area contributed by atoms with E-state index in [1.54, 1.807) is 24.8 Å². The summed E-state index contributed by atoms with van der Waals surface area (Å²) in [4.78, 5) is 18.9. The molecule has 1 aliphatic heterocycles. The smallest absolute Gasteiger partial charge is 0.244 e. The molecule has 1 aliphatic rings. The van der Waals surface area contributed by atoms with Gasteiger partial charge in [-0.05, 0) is 49.1 Å². The summed E-state index contributed by atoms with van der Waals surface area (Å²) in [6, 6.07) is 9.78. The summed E-state index contributed by atoms with van der Waals surface area (Å²) in [7, 11) is -4.12. The molecule has 1 saturated heterocycles. The standard InChI is InChI=1S/C26H37FN4O4S/c1-19(2)25(26(33)31-14-10-20(8-12-27)11-15-31)30-36(34,35)24-17-28-13-9-23(24)29-22(18-32)16-21-6-4-3-5-7-21/h3-7,9,13,17,19-20,22,25,30,32H,8,10-12,14-16,18H2,1-2H3,(H,28,29)/t22-,25-/m0/s1. The minimum atomic E-state index is -4.12. The number of pyridine rings is 1. The number of halogens is 1. The molecule has 0 unspecified atom stereocenters. The number of benzene rings is 1. The first kappa shape index (κ1) is 28.0. The van der Waals surface area contributed by atoms with Crippen LogP contribution >= 0.6 is 0 Å². The van der Waals surface area contributed by atoms with E-state index >= 15 is 0 Å². The number of amides is 1. The lowest BCUT2D eigenvalue weighted by Gasteiger charge is -2.35. The number of alkyl halides is 1. The van der Waals surface area contributed by atoms with Crippen LogP contribution in [-0.4, -0.2) is 67.8 Å². The fourth-order valence-corrected chi connectivity index (χ4v) is 5.94. The average Bonchev–Trinajstić information content (AvgIpc) is 2.88. The lowest BCUT2D eigenvalue weighted by Crippen LogP contribution is -2.53. The number of likely N-dealkylation sites (tertiary alicyclic amines) is 1. The predicted molar refractivity (Wildman–Crippen MR) is 138 cm³/mol. The zero-order valence-electron chi connectivity index (χ0n) is 20.9. The summed E-state index contributed by atoms with van der Waals surface area (Å²) in [6.45, 7) is 4.01. The molecule has 2 aromatic rings. The fraction of sp³-hybridized carbons (Fsp3) is 0.538. The van der Waals surface area contributed by atoms with Crippen LogP contribution in [0.5, 0.6) is 0 Å². The monoisotopic (exact) mass is 520 g/mol. The first-order valence-corrected chi connectivity index (χ1v) is 14.0. The summed E-state index contributed by atoms with van der Waals surface area (Å²) in [6.07, 6.45) is 5.15. The van der Waals surface area contributed by atoms with Gasteiger partial charge in [0.15, 0.2) is 0 Å². The molecular weight excluding hydrogens is 483 g/mol. The molecule has 2 heterocycles. The molecule has 36 heavy (non-hydrogen) atoms. The highest BCUT2D eigenvalue weighted by atomic mass is 32.2. The van der Waals surface area contributed by atoms with Gasteiger partial charge >= 0.3 is 0 Å². The Morgan fingerprint density at radius 1 is 1.19 bits per heavy atom. The molecule has 1 aromatic heterocycles. The summed E-state index contributed by atoms with van der Waals surface area (Å²) in [5.74, 6) is -0.303. The van der Waals surface area contributed by atoms with E-state index in [-0.39, 0.29) is 35.9 Å². The van der Waals surface area contributed by atoms with Gasteiger partial charge in [-0.3, -0.25) is 14.2 Å². The quantitative estimate of drug-likeness (QED) is 0.397. The molecule has 1 amide bonds. The van der Waals surface area contributed by atoms with Crippen molar-refractivity contribution in [2.75, 3.05) is 31.7 Å². The number of nitrogens with zero attached hydrogens (tertiary/aromatic N) is 2. The Labute approximate surface area is 213 Å². The topological polar surface area (TPSA) is 112 Å². The second-order valence-corrected chi connectivity index (χ2v) is 11.4. The Morgan fingerprint density at radius 2 is 1.89 bits per heavy atom. The maximum atomic E-state index is 13.5. The van der Waals surface area contributed by atoms with Gasteiger partial charge in [0.25, 0.3) is 0 Å². The van der Waals surface area contributed by atoms with Gasteiger partial charge in [-0.25, -0.2) is 8.42 Å². The van der Waals surface area contributed by atoms with E-state index in [4.69, 9.17) is 0 Å². The third-order valence-electron chi connectivity index (χ3n) is 6.64. The van der Waals surface area contributed by atoms with Gasteiger partial charge in [0, 0.05) is 25.5 Å². The highest BCUT2D eigenvalue weighted by molar-refractivity contribution is 7.89. The fourth-order valence-electron chi connectivity index (χ4n) is 4.49. The van der Waals surface area contributed by atoms with Crippen molar-refractivity contribution < 1.29 is 22.7 Å². The van der Waals surface area contributed by atoms with E-state index in [9.17, 15) is 22.7 Å². The Hall–Kier alpha value is -2.56. The number of aromatic nitrogens is 1. The van der Waals surface area contributed by atoms with Crippen LogP contribution in [0.2, 0.25) is 0 Å². The summed E-state index contributed by atoms with van der Waals surface area (Å²) < 4.78 is 42.2. The van der Waals surface area contributed by atoms with Gasteiger partial charge in [0.2, 0.25) is 15.9 Å². The molecule has 10 heteroatoms. The normalized spacial score (nSPS) is 16.6. The van der Waals surface area contributed by atoms with E-state index in [1.807, 2.05) is 30.3 Å². The van der Waals surface area contributed by atoms with Crippen molar-refractivity contribution in [1.29, 1.82) is 0 Å². The predicted octanol–water partition coefficient (Wildman–Crippen LogP) is 3.00. The van der Waals surface area contributed by atoms with Crippen LogP contribution in [0.25, 0.3) is 0 Å². The highest BCUT2D eigenvalue weighted by Crippen LogP contribution is 2.25. The molecule has 2 atom stereocenters. The molecule has 3 rings (SSSR count). The third kappa shape index (κ3) is 7.47. The van der Waals surface area contributed by atoms with Gasteiger partial charge in [0.05, 0.1) is 25.0 Å². The van der Waals surface area contributed by atoms with Crippen molar-refractivity contribution >= 4 is 21.6 Å². The minimum absolute atomic E-state index is 0.0865. The van der Waals surface area contributed by atoms with Crippen LogP contribution in [0.1, 0.15) is 38.7 Å². The number of anilines is 1. The van der Waals surface area contributed by atoms with Gasteiger partial charge < -0.3 is 15.3 Å². The Balaban J connectivity index is 1.75. The van der Waals surface area contributed by atoms with E-state index in [1.165, 1.54) is 12.4 Å². The van der Waals surface area contributed by atoms with E-state index in [0.29, 0.717) is 44.5 Å². The van der Waals surface area contributed by atoms with E-state index in [0.717, 1.165) is 5.56 Å². The number of hydrogen-bond acceptors (Lipinski definition) is 6. The molecule has 0 spiro atoms. The molecule has 0 bridgehead atoms. The van der Waals surface area contributed by atoms with Gasteiger partial charge in [-0.2, -0.15) is 4.72 Å². The number of piperidine rings is 1. The second-order valence-electron chi connectivity index (χ2n) is 9.67. The molecular formula is C26H37FN4O4S. The summed E-state index contributed by atoms with van der Waals surface area (Å²) in [5.41, 5.74) is 1.30. The van der Waals surface area contributed by atoms with E-state index in [2.05, 4.69) is 15.0 Å². The van der Waals surface area contributed by atoms with Crippen molar-refractivity contribution in [2.45, 2.75) is 56.5 Å². The zero-order chi connectivity index (χ0) is 26.1. The van der Waals surface area contributed by atoms with Gasteiger partial charge in [-0.15, -0.1) is 0 Å². The number of sulfonamides is 1. The first-order valence-electron chi connectivity index (χ1n) is 12.5. The summed E-state index contributed by atoms with van der Waals surface area (Å²) in [5, 5.41) is 13.0. The molecule has 0 aliphatic carbocycles. The molecule has 0 radical (unpaired) electrons. The Kier molecular flexibility index (Phi) is 10.2. The van der Waals surface area contributed by atoms with Crippen LogP contribution in [0.15, 0.2) is 53.7 Å². The maximum absolute atomic E-state index is 13.5.